The van der Waals surface area contributed by atoms with Crippen molar-refractivity contribution in [2.45, 2.75) is 13.3 Å². The molecule has 0 unspecified atom stereocenters. The number of hydrogen-bond donors (Lipinski definition) is 1. The highest BCUT2D eigenvalue weighted by Crippen LogP contribution is 2.19. The number of rotatable bonds is 3. The fraction of sp³-hybridized carbons (Fsp3) is 0.500. The van der Waals surface area contributed by atoms with Crippen LogP contribution in [0.5, 0.6) is 0 Å². The largest absolute Gasteiger partial charge is 0.356 e. The molecular weight excluding hydrogens is 226 g/mol. The third kappa shape index (κ3) is 2.40. The summed E-state index contributed by atoms with van der Waals surface area (Å²) in [6.07, 6.45) is 1.10. The van der Waals surface area contributed by atoms with E-state index >= 15 is 0 Å². The molecule has 1 saturated heterocycles. The first-order valence-corrected chi connectivity index (χ1v) is 6.61. The molecule has 1 aromatic heterocycles. The summed E-state index contributed by atoms with van der Waals surface area (Å²) in [5.74, 6) is 0. The molecule has 1 fully saturated rings. The Morgan fingerprint density at radius 3 is 3.00 bits per heavy atom. The van der Waals surface area contributed by atoms with Crippen LogP contribution < -0.4 is 5.32 Å². The number of aromatic nitrogens is 1. The molecule has 0 spiro atoms. The first-order valence-electron chi connectivity index (χ1n) is 6.61. The molecule has 0 atom stereocenters. The van der Waals surface area contributed by atoms with Crippen LogP contribution >= 0.6 is 0 Å². The lowest BCUT2D eigenvalue weighted by Crippen LogP contribution is -2.44. The van der Waals surface area contributed by atoms with E-state index in [4.69, 9.17) is 4.52 Å². The van der Waals surface area contributed by atoms with Gasteiger partial charge >= 0.3 is 0 Å². The maximum atomic E-state index is 5.23. The molecule has 2 aromatic rings. The zero-order valence-electron chi connectivity index (χ0n) is 10.8. The van der Waals surface area contributed by atoms with E-state index in [-0.39, 0.29) is 0 Å². The fourth-order valence-corrected chi connectivity index (χ4v) is 2.48. The summed E-state index contributed by atoms with van der Waals surface area (Å²) in [5.41, 5.74) is 3.24. The topological polar surface area (TPSA) is 41.3 Å². The lowest BCUT2D eigenvalue weighted by molar-refractivity contribution is 0.244. The van der Waals surface area contributed by atoms with Gasteiger partial charge in [0.15, 0.2) is 5.58 Å². The van der Waals surface area contributed by atoms with Crippen LogP contribution in [-0.4, -0.2) is 42.8 Å². The van der Waals surface area contributed by atoms with Gasteiger partial charge < -0.3 is 14.7 Å². The van der Waals surface area contributed by atoms with Crippen molar-refractivity contribution in [1.29, 1.82) is 0 Å². The predicted molar refractivity (Wildman–Crippen MR) is 71.8 cm³/mol. The zero-order valence-corrected chi connectivity index (χ0v) is 10.8. The molecular formula is C14H19N3O. The van der Waals surface area contributed by atoms with Crippen LogP contribution in [0.1, 0.15) is 11.3 Å². The monoisotopic (exact) mass is 245 g/mol. The summed E-state index contributed by atoms with van der Waals surface area (Å²) >= 11 is 0. The van der Waals surface area contributed by atoms with Gasteiger partial charge in [0, 0.05) is 38.1 Å². The Hall–Kier alpha value is -1.39. The van der Waals surface area contributed by atoms with Crippen LogP contribution in [0.25, 0.3) is 11.0 Å². The van der Waals surface area contributed by atoms with Gasteiger partial charge in [-0.1, -0.05) is 11.2 Å². The molecule has 2 heterocycles. The highest BCUT2D eigenvalue weighted by atomic mass is 16.5. The maximum absolute atomic E-state index is 5.23. The second-order valence-corrected chi connectivity index (χ2v) is 4.94. The van der Waals surface area contributed by atoms with Crippen molar-refractivity contribution in [2.24, 2.45) is 0 Å². The summed E-state index contributed by atoms with van der Waals surface area (Å²) in [6.45, 7) is 7.68. The van der Waals surface area contributed by atoms with Gasteiger partial charge in [0.25, 0.3) is 0 Å². The van der Waals surface area contributed by atoms with Crippen molar-refractivity contribution in [3.05, 3.63) is 29.5 Å². The molecule has 0 amide bonds. The highest BCUT2D eigenvalue weighted by molar-refractivity contribution is 5.79. The second kappa shape index (κ2) is 5.08. The highest BCUT2D eigenvalue weighted by Gasteiger charge is 2.10. The molecule has 1 aliphatic rings. The van der Waals surface area contributed by atoms with E-state index in [1.165, 1.54) is 5.56 Å². The van der Waals surface area contributed by atoms with Gasteiger partial charge in [-0.3, -0.25) is 0 Å². The number of hydrogen-bond acceptors (Lipinski definition) is 4. The average Bonchev–Trinajstić information content (AvgIpc) is 2.79. The third-order valence-electron chi connectivity index (χ3n) is 3.64. The van der Waals surface area contributed by atoms with E-state index < -0.39 is 0 Å². The standard InChI is InChI=1S/C14H19N3O/c1-11-13-10-12(2-3-14(13)18-16-11)4-7-17-8-5-15-6-9-17/h2-3,10,15H,4-9H2,1H3. The first-order chi connectivity index (χ1) is 8.83. The SMILES string of the molecule is Cc1noc2ccc(CCN3CCNCC3)cc12. The summed E-state index contributed by atoms with van der Waals surface area (Å²) < 4.78 is 5.23. The molecule has 96 valence electrons. The zero-order chi connectivity index (χ0) is 12.4. The molecule has 0 radical (unpaired) electrons. The van der Waals surface area contributed by atoms with E-state index in [0.717, 1.165) is 55.8 Å². The van der Waals surface area contributed by atoms with Gasteiger partial charge in [-0.15, -0.1) is 0 Å². The minimum Gasteiger partial charge on any atom is -0.356 e. The Morgan fingerprint density at radius 1 is 1.33 bits per heavy atom. The van der Waals surface area contributed by atoms with Crippen molar-refractivity contribution < 1.29 is 4.52 Å². The van der Waals surface area contributed by atoms with E-state index in [9.17, 15) is 0 Å². The molecule has 4 nitrogen and oxygen atoms in total. The van der Waals surface area contributed by atoms with Crippen molar-refractivity contribution >= 4 is 11.0 Å². The number of nitrogens with one attached hydrogen (secondary N) is 1. The molecule has 0 bridgehead atoms. The molecule has 1 N–H and O–H groups in total. The van der Waals surface area contributed by atoms with Gasteiger partial charge in [0.05, 0.1) is 5.69 Å². The summed E-state index contributed by atoms with van der Waals surface area (Å²) in [7, 11) is 0. The summed E-state index contributed by atoms with van der Waals surface area (Å²) in [4.78, 5) is 2.52. The van der Waals surface area contributed by atoms with Crippen LogP contribution in [0.3, 0.4) is 0 Å². The first kappa shape index (κ1) is 11.7. The Kier molecular flexibility index (Phi) is 3.30. The smallest absolute Gasteiger partial charge is 0.167 e. The van der Waals surface area contributed by atoms with E-state index in [1.54, 1.807) is 0 Å². The van der Waals surface area contributed by atoms with Gasteiger partial charge in [-0.25, -0.2) is 0 Å². The van der Waals surface area contributed by atoms with E-state index in [2.05, 4.69) is 27.5 Å². The number of fused-ring (bicyclic) bond motifs is 1. The van der Waals surface area contributed by atoms with Crippen molar-refractivity contribution in [3.63, 3.8) is 0 Å². The summed E-state index contributed by atoms with van der Waals surface area (Å²) in [6, 6.07) is 6.39. The lowest BCUT2D eigenvalue weighted by atomic mass is 10.1. The van der Waals surface area contributed by atoms with E-state index in [0.29, 0.717) is 0 Å². The molecule has 0 saturated carbocycles. The molecule has 0 aliphatic carbocycles. The molecule has 1 aromatic carbocycles. The van der Waals surface area contributed by atoms with Gasteiger partial charge in [-0.2, -0.15) is 0 Å². The minimum absolute atomic E-state index is 0.887. The molecule has 18 heavy (non-hydrogen) atoms. The van der Waals surface area contributed by atoms with Crippen molar-refractivity contribution in [3.8, 4) is 0 Å². The van der Waals surface area contributed by atoms with Crippen LogP contribution in [0.4, 0.5) is 0 Å². The normalized spacial score (nSPS) is 17.4. The summed E-state index contributed by atoms with van der Waals surface area (Å²) in [5, 5.41) is 8.52. The number of piperazine rings is 1. The number of benzene rings is 1. The van der Waals surface area contributed by atoms with Gasteiger partial charge in [-0.05, 0) is 31.0 Å². The fourth-order valence-electron chi connectivity index (χ4n) is 2.48. The van der Waals surface area contributed by atoms with Crippen molar-refractivity contribution in [2.75, 3.05) is 32.7 Å². The lowest BCUT2D eigenvalue weighted by Gasteiger charge is -2.27. The van der Waals surface area contributed by atoms with Crippen LogP contribution in [0.15, 0.2) is 22.7 Å². The third-order valence-corrected chi connectivity index (χ3v) is 3.64. The Labute approximate surface area is 107 Å². The van der Waals surface area contributed by atoms with E-state index in [1.807, 2.05) is 13.0 Å². The molecule has 1 aliphatic heterocycles. The van der Waals surface area contributed by atoms with Gasteiger partial charge in [0.2, 0.25) is 0 Å². The maximum Gasteiger partial charge on any atom is 0.167 e. The van der Waals surface area contributed by atoms with Crippen LogP contribution in [-0.2, 0) is 6.42 Å². The minimum atomic E-state index is 0.887. The van der Waals surface area contributed by atoms with Crippen molar-refractivity contribution in [1.82, 2.24) is 15.4 Å². The number of nitrogens with zero attached hydrogens (tertiary/aromatic N) is 2. The predicted octanol–water partition coefficient (Wildman–Crippen LogP) is 1.58. The van der Waals surface area contributed by atoms with Gasteiger partial charge in [0.1, 0.15) is 0 Å². The Balaban J connectivity index is 1.68. The Morgan fingerprint density at radius 2 is 2.17 bits per heavy atom. The molecule has 3 rings (SSSR count). The van der Waals surface area contributed by atoms with Crippen LogP contribution in [0, 0.1) is 6.92 Å². The number of aryl methyl sites for hydroxylation is 1. The second-order valence-electron chi connectivity index (χ2n) is 4.94. The van der Waals surface area contributed by atoms with Crippen LogP contribution in [0.2, 0.25) is 0 Å². The molecule has 4 heteroatoms. The Bertz CT molecular complexity index is 529. The quantitative estimate of drug-likeness (QED) is 0.891. The average molecular weight is 245 g/mol.